The van der Waals surface area contributed by atoms with Crippen LogP contribution in [0.1, 0.15) is 43.7 Å². The first kappa shape index (κ1) is 12.0. The Bertz CT molecular complexity index is 454. The van der Waals surface area contributed by atoms with E-state index in [1.807, 2.05) is 0 Å². The smallest absolute Gasteiger partial charge is 0.119 e. The van der Waals surface area contributed by atoms with E-state index in [0.717, 1.165) is 31.4 Å². The summed E-state index contributed by atoms with van der Waals surface area (Å²) in [7, 11) is 1.73. The summed E-state index contributed by atoms with van der Waals surface area (Å²) in [5, 5.41) is 9.89. The molecule has 3 rings (SSSR count). The Labute approximate surface area is 109 Å². The van der Waals surface area contributed by atoms with Crippen LogP contribution in [0.5, 0.6) is 5.75 Å². The quantitative estimate of drug-likeness (QED) is 0.825. The van der Waals surface area contributed by atoms with Crippen LogP contribution in [0.4, 0.5) is 0 Å². The highest BCUT2D eigenvalue weighted by Crippen LogP contribution is 2.50. The highest BCUT2D eigenvalue weighted by Gasteiger charge is 2.44. The number of methoxy groups -OCH3 is 1. The zero-order chi connectivity index (χ0) is 12.8. The van der Waals surface area contributed by atoms with Crippen molar-refractivity contribution in [2.45, 2.75) is 50.5 Å². The molecule has 1 N–H and O–H groups in total. The molecule has 1 aromatic carbocycles. The number of fused-ring (bicyclic) bond motifs is 3. The van der Waals surface area contributed by atoms with Gasteiger partial charge in [-0.2, -0.15) is 0 Å². The summed E-state index contributed by atoms with van der Waals surface area (Å²) in [6, 6.07) is 6.51. The van der Waals surface area contributed by atoms with Crippen molar-refractivity contribution >= 4 is 0 Å². The Hall–Kier alpha value is -1.02. The Morgan fingerprint density at radius 2 is 2.17 bits per heavy atom. The van der Waals surface area contributed by atoms with Gasteiger partial charge in [0.25, 0.3) is 0 Å². The second-order valence-electron chi connectivity index (χ2n) is 6.10. The van der Waals surface area contributed by atoms with E-state index in [4.69, 9.17) is 4.74 Å². The van der Waals surface area contributed by atoms with Crippen LogP contribution in [0, 0.1) is 5.92 Å². The van der Waals surface area contributed by atoms with Gasteiger partial charge in [0.1, 0.15) is 5.75 Å². The Morgan fingerprint density at radius 3 is 2.94 bits per heavy atom. The molecular weight excluding hydrogens is 224 g/mol. The maximum Gasteiger partial charge on any atom is 0.119 e. The van der Waals surface area contributed by atoms with E-state index < -0.39 is 0 Å². The third-order valence-corrected chi connectivity index (χ3v) is 5.15. The van der Waals surface area contributed by atoms with E-state index in [1.54, 1.807) is 7.11 Å². The normalized spacial score (nSPS) is 34.6. The van der Waals surface area contributed by atoms with Crippen molar-refractivity contribution in [3.8, 4) is 5.75 Å². The molecule has 3 atom stereocenters. The molecule has 2 nitrogen and oxygen atoms in total. The fraction of sp³-hybridized carbons (Fsp3) is 0.625. The number of hydrogen-bond acceptors (Lipinski definition) is 2. The number of hydrogen-bond donors (Lipinski definition) is 1. The number of aryl methyl sites for hydroxylation is 1. The van der Waals surface area contributed by atoms with Gasteiger partial charge < -0.3 is 9.84 Å². The molecule has 0 radical (unpaired) electrons. The van der Waals surface area contributed by atoms with Crippen LogP contribution in [-0.4, -0.2) is 18.3 Å². The standard InChI is InChI=1S/C16H22O2/c1-16-8-7-13(17)9-12(16)5-3-11-4-6-14(18-2)10-15(11)16/h4,6,10,12-13,17H,3,5,7-9H2,1-2H3/t12-,13-,16-/m1/s1. The molecule has 2 aliphatic carbocycles. The van der Waals surface area contributed by atoms with Crippen molar-refractivity contribution in [1.29, 1.82) is 0 Å². The Kier molecular flexibility index (Phi) is 2.86. The fourth-order valence-electron chi connectivity index (χ4n) is 3.93. The van der Waals surface area contributed by atoms with Crippen LogP contribution >= 0.6 is 0 Å². The Balaban J connectivity index is 2.04. The van der Waals surface area contributed by atoms with Crippen LogP contribution in [0.25, 0.3) is 0 Å². The van der Waals surface area contributed by atoms with Crippen molar-refractivity contribution in [1.82, 2.24) is 0 Å². The lowest BCUT2D eigenvalue weighted by Gasteiger charge is -2.47. The van der Waals surface area contributed by atoms with Crippen molar-refractivity contribution in [3.63, 3.8) is 0 Å². The summed E-state index contributed by atoms with van der Waals surface area (Å²) >= 11 is 0. The molecule has 2 heteroatoms. The first-order valence-corrected chi connectivity index (χ1v) is 6.99. The van der Waals surface area contributed by atoms with E-state index in [-0.39, 0.29) is 11.5 Å². The molecule has 1 fully saturated rings. The molecule has 0 amide bonds. The molecule has 1 aromatic rings. The molecule has 0 unspecified atom stereocenters. The molecule has 0 saturated heterocycles. The van der Waals surface area contributed by atoms with E-state index in [0.29, 0.717) is 5.92 Å². The third-order valence-electron chi connectivity index (χ3n) is 5.15. The van der Waals surface area contributed by atoms with Crippen LogP contribution in [0.3, 0.4) is 0 Å². The number of rotatable bonds is 1. The first-order chi connectivity index (χ1) is 8.63. The SMILES string of the molecule is COc1ccc2c(c1)[C@]1(C)CC[C@@H](O)C[C@H]1CC2. The minimum Gasteiger partial charge on any atom is -0.497 e. The summed E-state index contributed by atoms with van der Waals surface area (Å²) in [4.78, 5) is 0. The van der Waals surface area contributed by atoms with Gasteiger partial charge in [-0.15, -0.1) is 0 Å². The van der Waals surface area contributed by atoms with Gasteiger partial charge in [-0.3, -0.25) is 0 Å². The van der Waals surface area contributed by atoms with E-state index >= 15 is 0 Å². The average Bonchev–Trinajstić information content (AvgIpc) is 2.39. The van der Waals surface area contributed by atoms with Crippen molar-refractivity contribution in [3.05, 3.63) is 29.3 Å². The number of ether oxygens (including phenoxy) is 1. The van der Waals surface area contributed by atoms with Crippen LogP contribution in [-0.2, 0) is 11.8 Å². The number of aliphatic hydroxyl groups is 1. The number of aliphatic hydroxyl groups excluding tert-OH is 1. The maximum atomic E-state index is 9.89. The maximum absolute atomic E-state index is 9.89. The molecule has 0 aliphatic heterocycles. The molecule has 1 saturated carbocycles. The van der Waals surface area contributed by atoms with Crippen LogP contribution in [0.2, 0.25) is 0 Å². The van der Waals surface area contributed by atoms with Gasteiger partial charge in [-0.05, 0) is 66.7 Å². The second kappa shape index (κ2) is 4.27. The molecule has 0 heterocycles. The minimum absolute atomic E-state index is 0.0877. The lowest BCUT2D eigenvalue weighted by molar-refractivity contribution is 0.0483. The molecule has 98 valence electrons. The van der Waals surface area contributed by atoms with Gasteiger partial charge in [-0.1, -0.05) is 13.0 Å². The number of benzene rings is 1. The monoisotopic (exact) mass is 246 g/mol. The molecule has 0 spiro atoms. The van der Waals surface area contributed by atoms with E-state index in [9.17, 15) is 5.11 Å². The summed E-state index contributed by atoms with van der Waals surface area (Å²) < 4.78 is 5.38. The summed E-state index contributed by atoms with van der Waals surface area (Å²) in [5.41, 5.74) is 3.18. The zero-order valence-electron chi connectivity index (χ0n) is 11.3. The predicted octanol–water partition coefficient (Wildman–Crippen LogP) is 3.06. The highest BCUT2D eigenvalue weighted by atomic mass is 16.5. The highest BCUT2D eigenvalue weighted by molar-refractivity contribution is 5.43. The van der Waals surface area contributed by atoms with Crippen molar-refractivity contribution < 1.29 is 9.84 Å². The average molecular weight is 246 g/mol. The molecule has 0 bridgehead atoms. The summed E-state index contributed by atoms with van der Waals surface area (Å²) in [6.45, 7) is 2.38. The van der Waals surface area contributed by atoms with Gasteiger partial charge in [-0.25, -0.2) is 0 Å². The Morgan fingerprint density at radius 1 is 1.33 bits per heavy atom. The van der Waals surface area contributed by atoms with E-state index in [2.05, 4.69) is 25.1 Å². The van der Waals surface area contributed by atoms with Gasteiger partial charge in [0.2, 0.25) is 0 Å². The van der Waals surface area contributed by atoms with Gasteiger partial charge >= 0.3 is 0 Å². The van der Waals surface area contributed by atoms with Crippen molar-refractivity contribution in [2.75, 3.05) is 7.11 Å². The zero-order valence-corrected chi connectivity index (χ0v) is 11.3. The molecule has 2 aliphatic rings. The van der Waals surface area contributed by atoms with Gasteiger partial charge in [0.15, 0.2) is 0 Å². The predicted molar refractivity (Wildman–Crippen MR) is 72.0 cm³/mol. The third kappa shape index (κ3) is 1.74. The summed E-state index contributed by atoms with van der Waals surface area (Å²) in [6.07, 6.45) is 5.27. The van der Waals surface area contributed by atoms with Crippen LogP contribution in [0.15, 0.2) is 18.2 Å². The summed E-state index contributed by atoms with van der Waals surface area (Å²) in [5.74, 6) is 1.59. The fourth-order valence-corrected chi connectivity index (χ4v) is 3.93. The first-order valence-electron chi connectivity index (χ1n) is 6.99. The molecule has 0 aromatic heterocycles. The second-order valence-corrected chi connectivity index (χ2v) is 6.10. The topological polar surface area (TPSA) is 29.5 Å². The largest absolute Gasteiger partial charge is 0.497 e. The minimum atomic E-state index is -0.0877. The lowest BCUT2D eigenvalue weighted by Crippen LogP contribution is -2.43. The lowest BCUT2D eigenvalue weighted by atomic mass is 9.58. The van der Waals surface area contributed by atoms with Gasteiger partial charge in [0, 0.05) is 0 Å². The molecule has 18 heavy (non-hydrogen) atoms. The van der Waals surface area contributed by atoms with Crippen molar-refractivity contribution in [2.24, 2.45) is 5.92 Å². The van der Waals surface area contributed by atoms with Crippen LogP contribution < -0.4 is 4.74 Å². The van der Waals surface area contributed by atoms with Gasteiger partial charge in [0.05, 0.1) is 13.2 Å². The van der Waals surface area contributed by atoms with E-state index in [1.165, 1.54) is 17.5 Å². The molecular formula is C16H22O2.